The minimum atomic E-state index is -0.882. The molecule has 0 aliphatic carbocycles. The van der Waals surface area contributed by atoms with Gasteiger partial charge in [0.2, 0.25) is 5.70 Å². The Labute approximate surface area is 131 Å². The van der Waals surface area contributed by atoms with Crippen LogP contribution in [0.3, 0.4) is 0 Å². The van der Waals surface area contributed by atoms with E-state index < -0.39 is 22.3 Å². The smallest absolute Gasteiger partial charge is 0.362 e. The molecule has 0 atom stereocenters. The van der Waals surface area contributed by atoms with Crippen LogP contribution in [0.25, 0.3) is 0 Å². The first-order valence-corrected chi connectivity index (χ1v) is 6.76. The highest BCUT2D eigenvalue weighted by atomic mass is 35.5. The van der Waals surface area contributed by atoms with Crippen LogP contribution >= 0.6 is 11.6 Å². The van der Waals surface area contributed by atoms with Gasteiger partial charge in [0.15, 0.2) is 0 Å². The molecule has 118 valence electrons. The van der Waals surface area contributed by atoms with Crippen molar-refractivity contribution in [3.8, 4) is 0 Å². The normalized spacial score (nSPS) is 12.1. The van der Waals surface area contributed by atoms with Crippen molar-refractivity contribution in [2.75, 3.05) is 12.5 Å². The predicted molar refractivity (Wildman–Crippen MR) is 79.4 cm³/mol. The molecule has 0 heterocycles. The Kier molecular flexibility index (Phi) is 6.46. The largest absolute Gasteiger partial charge is 0.508 e. The molecule has 1 aromatic rings. The average Bonchev–Trinajstić information content (AvgIpc) is 2.48. The molecule has 0 amide bonds. The van der Waals surface area contributed by atoms with E-state index >= 15 is 0 Å². The summed E-state index contributed by atoms with van der Waals surface area (Å²) in [7, 11) is 0. The van der Waals surface area contributed by atoms with Crippen molar-refractivity contribution in [2.24, 2.45) is 10.2 Å². The van der Waals surface area contributed by atoms with Crippen LogP contribution in [0.15, 0.2) is 39.9 Å². The Morgan fingerprint density at radius 2 is 2.18 bits per heavy atom. The second-order valence-electron chi connectivity index (χ2n) is 4.03. The number of benzene rings is 1. The zero-order chi connectivity index (χ0) is 16.7. The Morgan fingerprint density at radius 3 is 2.73 bits per heavy atom. The number of nitro benzene ring substituents is 1. The Morgan fingerprint density at radius 1 is 1.50 bits per heavy atom. The number of nitrogens with zero attached hydrogens (tertiary/aromatic N) is 3. The van der Waals surface area contributed by atoms with Crippen LogP contribution in [-0.2, 0) is 9.53 Å². The van der Waals surface area contributed by atoms with Crippen molar-refractivity contribution in [1.82, 2.24) is 0 Å². The monoisotopic (exact) mass is 327 g/mol. The number of carbonyl (C=O) groups excluding carboxylic acids is 1. The molecule has 1 aromatic carbocycles. The number of aliphatic hydroxyl groups is 1. The van der Waals surface area contributed by atoms with Gasteiger partial charge in [0.1, 0.15) is 5.76 Å². The SMILES string of the molecule is CCOC(=O)/C(N=Nc1cccc([N+](=O)[O-])c1C)=C(/O)CCl. The fourth-order valence-electron chi connectivity index (χ4n) is 1.50. The summed E-state index contributed by atoms with van der Waals surface area (Å²) in [6.45, 7) is 3.18. The zero-order valence-corrected chi connectivity index (χ0v) is 12.7. The molecule has 22 heavy (non-hydrogen) atoms. The first-order chi connectivity index (χ1) is 10.4. The molecule has 0 aromatic heterocycles. The van der Waals surface area contributed by atoms with Crippen molar-refractivity contribution in [3.05, 3.63) is 45.3 Å². The lowest BCUT2D eigenvalue weighted by atomic mass is 10.1. The van der Waals surface area contributed by atoms with E-state index in [1.807, 2.05) is 0 Å². The molecule has 8 nitrogen and oxygen atoms in total. The molecular weight excluding hydrogens is 314 g/mol. The first-order valence-electron chi connectivity index (χ1n) is 6.23. The summed E-state index contributed by atoms with van der Waals surface area (Å²) in [6.07, 6.45) is 0. The quantitative estimate of drug-likeness (QED) is 0.163. The van der Waals surface area contributed by atoms with Crippen molar-refractivity contribution < 1.29 is 19.6 Å². The Balaban J connectivity index is 3.20. The van der Waals surface area contributed by atoms with Crippen molar-refractivity contribution >= 4 is 28.9 Å². The van der Waals surface area contributed by atoms with Crippen LogP contribution < -0.4 is 0 Å². The maximum Gasteiger partial charge on any atom is 0.362 e. The summed E-state index contributed by atoms with van der Waals surface area (Å²) < 4.78 is 4.73. The number of carbonyl (C=O) groups is 1. The van der Waals surface area contributed by atoms with Gasteiger partial charge < -0.3 is 9.84 Å². The number of esters is 1. The molecule has 1 N–H and O–H groups in total. The van der Waals surface area contributed by atoms with Gasteiger partial charge in [-0.25, -0.2) is 4.79 Å². The third-order valence-electron chi connectivity index (χ3n) is 2.60. The number of halogens is 1. The maximum absolute atomic E-state index is 11.7. The van der Waals surface area contributed by atoms with Crippen LogP contribution in [-0.4, -0.2) is 28.5 Å². The Bertz CT molecular complexity index is 643. The van der Waals surface area contributed by atoms with E-state index in [0.29, 0.717) is 0 Å². The predicted octanol–water partition coefficient (Wildman–Crippen LogP) is 3.56. The van der Waals surface area contributed by atoms with E-state index in [9.17, 15) is 20.0 Å². The minimum absolute atomic E-state index is 0.0866. The second-order valence-corrected chi connectivity index (χ2v) is 4.30. The summed E-state index contributed by atoms with van der Waals surface area (Å²) in [5, 5.41) is 27.8. The van der Waals surface area contributed by atoms with Crippen LogP contribution in [0.2, 0.25) is 0 Å². The summed E-state index contributed by atoms with van der Waals surface area (Å²) in [4.78, 5) is 22.0. The highest BCUT2D eigenvalue weighted by Crippen LogP contribution is 2.28. The Hall–Kier alpha value is -2.48. The summed E-state index contributed by atoms with van der Waals surface area (Å²) in [5.74, 6) is -1.72. The van der Waals surface area contributed by atoms with Crippen LogP contribution in [0.4, 0.5) is 11.4 Å². The molecule has 9 heteroatoms. The van der Waals surface area contributed by atoms with Crippen LogP contribution in [0.5, 0.6) is 0 Å². The molecule has 0 saturated heterocycles. The number of ether oxygens (including phenoxy) is 1. The minimum Gasteiger partial charge on any atom is -0.508 e. The fourth-order valence-corrected chi connectivity index (χ4v) is 1.63. The van der Waals surface area contributed by atoms with Gasteiger partial charge in [-0.15, -0.1) is 21.8 Å². The van der Waals surface area contributed by atoms with E-state index in [2.05, 4.69) is 10.2 Å². The molecule has 0 aliphatic rings. The second kappa shape index (κ2) is 8.08. The standard InChI is InChI=1S/C13H14ClN3O5/c1-3-22-13(19)12(11(18)7-14)16-15-9-5-4-6-10(8(9)2)17(20)21/h4-6,18H,3,7H2,1-2H3/b12-11-,16-15?. The molecule has 1 rings (SSSR count). The van der Waals surface area contributed by atoms with Gasteiger partial charge >= 0.3 is 5.97 Å². The number of nitro groups is 1. The van der Waals surface area contributed by atoms with Crippen molar-refractivity contribution in [1.29, 1.82) is 0 Å². The van der Waals surface area contributed by atoms with Gasteiger partial charge in [-0.1, -0.05) is 6.07 Å². The van der Waals surface area contributed by atoms with E-state index in [-0.39, 0.29) is 29.4 Å². The van der Waals surface area contributed by atoms with E-state index in [0.717, 1.165) is 0 Å². The third-order valence-corrected chi connectivity index (χ3v) is 2.85. The molecule has 0 fully saturated rings. The number of allylic oxidation sites excluding steroid dienone is 1. The van der Waals surface area contributed by atoms with Crippen molar-refractivity contribution in [2.45, 2.75) is 13.8 Å². The molecule has 0 bridgehead atoms. The third kappa shape index (κ3) is 4.26. The van der Waals surface area contributed by atoms with E-state index in [4.69, 9.17) is 16.3 Å². The zero-order valence-electron chi connectivity index (χ0n) is 11.9. The van der Waals surface area contributed by atoms with Gasteiger partial charge in [0, 0.05) is 6.07 Å². The summed E-state index contributed by atoms with van der Waals surface area (Å²) in [6, 6.07) is 4.26. The molecule has 0 saturated carbocycles. The van der Waals surface area contributed by atoms with Gasteiger partial charge in [0.05, 0.1) is 28.7 Å². The molecular formula is C13H14ClN3O5. The van der Waals surface area contributed by atoms with Gasteiger partial charge in [-0.3, -0.25) is 10.1 Å². The molecule has 0 unspecified atom stereocenters. The van der Waals surface area contributed by atoms with E-state index in [1.54, 1.807) is 6.92 Å². The average molecular weight is 328 g/mol. The van der Waals surface area contributed by atoms with Gasteiger partial charge in [0.25, 0.3) is 5.69 Å². The highest BCUT2D eigenvalue weighted by Gasteiger charge is 2.17. The van der Waals surface area contributed by atoms with Crippen molar-refractivity contribution in [3.63, 3.8) is 0 Å². The van der Waals surface area contributed by atoms with Gasteiger partial charge in [-0.05, 0) is 19.9 Å². The molecule has 0 aliphatic heterocycles. The number of aliphatic hydroxyl groups excluding tert-OH is 1. The fraction of sp³-hybridized carbons (Fsp3) is 0.308. The highest BCUT2D eigenvalue weighted by molar-refractivity contribution is 6.19. The number of hydrogen-bond donors (Lipinski definition) is 1. The molecule has 0 spiro atoms. The van der Waals surface area contributed by atoms with Crippen LogP contribution in [0.1, 0.15) is 12.5 Å². The lowest BCUT2D eigenvalue weighted by Crippen LogP contribution is -2.09. The topological polar surface area (TPSA) is 114 Å². The summed E-state index contributed by atoms with van der Waals surface area (Å²) in [5.41, 5.74) is -0.0920. The number of azo groups is 1. The first kappa shape index (κ1) is 17.6. The lowest BCUT2D eigenvalue weighted by molar-refractivity contribution is -0.385. The van der Waals surface area contributed by atoms with Crippen LogP contribution in [0, 0.1) is 17.0 Å². The number of rotatable bonds is 6. The number of hydrogen-bond acceptors (Lipinski definition) is 7. The van der Waals surface area contributed by atoms with Gasteiger partial charge in [-0.2, -0.15) is 0 Å². The maximum atomic E-state index is 11.7. The summed E-state index contributed by atoms with van der Waals surface area (Å²) >= 11 is 5.46. The number of alkyl halides is 1. The molecule has 0 radical (unpaired) electrons. The van der Waals surface area contributed by atoms with E-state index in [1.165, 1.54) is 25.1 Å². The lowest BCUT2D eigenvalue weighted by Gasteiger charge is -2.04.